The SMILES string of the molecule is C=CCCNC(=O)c1cc(F)c(F)cc1[N+](=O)[O-]. The van der Waals surface area contributed by atoms with Crippen molar-refractivity contribution in [3.8, 4) is 0 Å². The predicted molar refractivity (Wildman–Crippen MR) is 60.2 cm³/mol. The van der Waals surface area contributed by atoms with E-state index in [0.29, 0.717) is 18.6 Å². The third-order valence-corrected chi connectivity index (χ3v) is 2.11. The number of nitro groups is 1. The largest absolute Gasteiger partial charge is 0.352 e. The first-order valence-corrected chi connectivity index (χ1v) is 5.00. The average Bonchev–Trinajstić information content (AvgIpc) is 2.32. The van der Waals surface area contributed by atoms with E-state index in [1.807, 2.05) is 0 Å². The fourth-order valence-electron chi connectivity index (χ4n) is 1.25. The van der Waals surface area contributed by atoms with Crippen molar-refractivity contribution in [2.45, 2.75) is 6.42 Å². The molecule has 1 amide bonds. The van der Waals surface area contributed by atoms with Crippen LogP contribution >= 0.6 is 0 Å². The number of rotatable bonds is 5. The number of halogens is 2. The van der Waals surface area contributed by atoms with Gasteiger partial charge in [0.1, 0.15) is 5.56 Å². The average molecular weight is 256 g/mol. The molecule has 0 saturated carbocycles. The number of nitro benzene ring substituents is 1. The van der Waals surface area contributed by atoms with E-state index in [2.05, 4.69) is 11.9 Å². The number of carbonyl (C=O) groups is 1. The molecule has 7 heteroatoms. The first kappa shape index (κ1) is 13.8. The first-order chi connectivity index (χ1) is 8.47. The summed E-state index contributed by atoms with van der Waals surface area (Å²) < 4.78 is 25.8. The molecule has 0 fully saturated rings. The van der Waals surface area contributed by atoms with E-state index in [0.717, 1.165) is 0 Å². The Morgan fingerprint density at radius 3 is 2.61 bits per heavy atom. The maximum Gasteiger partial charge on any atom is 0.285 e. The molecule has 96 valence electrons. The highest BCUT2D eigenvalue weighted by molar-refractivity contribution is 5.98. The van der Waals surface area contributed by atoms with Crippen LogP contribution in [0.4, 0.5) is 14.5 Å². The minimum atomic E-state index is -1.37. The molecule has 0 spiro atoms. The molecule has 0 aliphatic carbocycles. The normalized spacial score (nSPS) is 9.89. The molecular formula is C11H10F2N2O3. The first-order valence-electron chi connectivity index (χ1n) is 5.00. The highest BCUT2D eigenvalue weighted by Crippen LogP contribution is 2.22. The van der Waals surface area contributed by atoms with Crippen LogP contribution in [0.5, 0.6) is 0 Å². The van der Waals surface area contributed by atoms with E-state index >= 15 is 0 Å². The molecule has 1 rings (SSSR count). The molecule has 0 aliphatic heterocycles. The quantitative estimate of drug-likeness (QED) is 0.380. The summed E-state index contributed by atoms with van der Waals surface area (Å²) in [6.45, 7) is 3.64. The lowest BCUT2D eigenvalue weighted by Gasteiger charge is -2.05. The molecule has 0 bridgehead atoms. The molecular weight excluding hydrogens is 246 g/mol. The summed E-state index contributed by atoms with van der Waals surface area (Å²) in [5, 5.41) is 13.0. The maximum absolute atomic E-state index is 13.0. The van der Waals surface area contributed by atoms with Gasteiger partial charge in [0.15, 0.2) is 11.6 Å². The van der Waals surface area contributed by atoms with Crippen molar-refractivity contribution in [1.29, 1.82) is 0 Å². The van der Waals surface area contributed by atoms with Gasteiger partial charge in [-0.25, -0.2) is 8.78 Å². The zero-order valence-electron chi connectivity index (χ0n) is 9.28. The zero-order valence-corrected chi connectivity index (χ0v) is 9.28. The lowest BCUT2D eigenvalue weighted by Crippen LogP contribution is -2.25. The summed E-state index contributed by atoms with van der Waals surface area (Å²) in [5.74, 6) is -3.51. The number of carbonyl (C=O) groups excluding carboxylic acids is 1. The number of hydrogen-bond acceptors (Lipinski definition) is 3. The summed E-state index contributed by atoms with van der Waals surface area (Å²) >= 11 is 0. The standard InChI is InChI=1S/C11H10F2N2O3/c1-2-3-4-14-11(16)7-5-8(12)9(13)6-10(7)15(17)18/h2,5-6H,1,3-4H2,(H,14,16). The number of nitrogens with one attached hydrogen (secondary N) is 1. The fraction of sp³-hybridized carbons (Fsp3) is 0.182. The highest BCUT2D eigenvalue weighted by atomic mass is 19.2. The van der Waals surface area contributed by atoms with E-state index in [4.69, 9.17) is 0 Å². The van der Waals surface area contributed by atoms with Crippen molar-refractivity contribution in [2.24, 2.45) is 0 Å². The topological polar surface area (TPSA) is 72.2 Å². The molecule has 0 heterocycles. The Morgan fingerprint density at radius 1 is 1.44 bits per heavy atom. The van der Waals surface area contributed by atoms with Crippen molar-refractivity contribution in [3.05, 3.63) is 52.1 Å². The smallest absolute Gasteiger partial charge is 0.285 e. The van der Waals surface area contributed by atoms with Crippen molar-refractivity contribution in [2.75, 3.05) is 6.54 Å². The maximum atomic E-state index is 13.0. The summed E-state index contributed by atoms with van der Waals surface area (Å²) in [6.07, 6.45) is 2.00. The molecule has 0 atom stereocenters. The van der Waals surface area contributed by atoms with Gasteiger partial charge >= 0.3 is 0 Å². The van der Waals surface area contributed by atoms with E-state index in [-0.39, 0.29) is 6.54 Å². The van der Waals surface area contributed by atoms with Crippen LogP contribution in [0.2, 0.25) is 0 Å². The molecule has 0 aromatic heterocycles. The lowest BCUT2D eigenvalue weighted by atomic mass is 10.1. The molecule has 5 nitrogen and oxygen atoms in total. The Hall–Kier alpha value is -2.31. The van der Waals surface area contributed by atoms with E-state index in [1.165, 1.54) is 0 Å². The Kier molecular flexibility index (Phi) is 4.47. The summed E-state index contributed by atoms with van der Waals surface area (Å²) in [6, 6.07) is 0.897. The third-order valence-electron chi connectivity index (χ3n) is 2.11. The Labute approximate surface area is 101 Å². The molecule has 0 aliphatic rings. The minimum absolute atomic E-state index is 0.207. The molecule has 0 unspecified atom stereocenters. The van der Waals surface area contributed by atoms with Gasteiger partial charge in [0.2, 0.25) is 0 Å². The van der Waals surface area contributed by atoms with Gasteiger partial charge in [-0.15, -0.1) is 6.58 Å². The molecule has 1 aromatic rings. The summed E-state index contributed by atoms with van der Waals surface area (Å²) in [4.78, 5) is 21.3. The van der Waals surface area contributed by atoms with Gasteiger partial charge in [0.05, 0.1) is 11.0 Å². The van der Waals surface area contributed by atoms with Gasteiger partial charge < -0.3 is 5.32 Å². The highest BCUT2D eigenvalue weighted by Gasteiger charge is 2.23. The monoisotopic (exact) mass is 256 g/mol. The van der Waals surface area contributed by atoms with Gasteiger partial charge in [0, 0.05) is 6.54 Å². The summed E-state index contributed by atoms with van der Waals surface area (Å²) in [5.41, 5.74) is -1.28. The second-order valence-electron chi connectivity index (χ2n) is 3.37. The number of hydrogen-bond donors (Lipinski definition) is 1. The molecule has 0 saturated heterocycles. The Bertz CT molecular complexity index is 503. The third kappa shape index (κ3) is 3.09. The Balaban J connectivity index is 3.06. The summed E-state index contributed by atoms with van der Waals surface area (Å²) in [7, 11) is 0. The van der Waals surface area contributed by atoms with Crippen LogP contribution in [0.15, 0.2) is 24.8 Å². The van der Waals surface area contributed by atoms with E-state index < -0.39 is 33.7 Å². The fourth-order valence-corrected chi connectivity index (χ4v) is 1.25. The van der Waals surface area contributed by atoms with Crippen molar-refractivity contribution in [3.63, 3.8) is 0 Å². The predicted octanol–water partition coefficient (Wildman–Crippen LogP) is 2.18. The van der Waals surface area contributed by atoms with Gasteiger partial charge in [-0.2, -0.15) is 0 Å². The van der Waals surface area contributed by atoms with E-state index in [9.17, 15) is 23.7 Å². The number of benzene rings is 1. The van der Waals surface area contributed by atoms with E-state index in [1.54, 1.807) is 6.08 Å². The second kappa shape index (κ2) is 5.85. The molecule has 1 N–H and O–H groups in total. The minimum Gasteiger partial charge on any atom is -0.352 e. The molecule has 0 radical (unpaired) electrons. The number of nitrogens with zero attached hydrogens (tertiary/aromatic N) is 1. The van der Waals surface area contributed by atoms with Crippen molar-refractivity contribution < 1.29 is 18.5 Å². The molecule has 18 heavy (non-hydrogen) atoms. The van der Waals surface area contributed by atoms with Gasteiger partial charge in [-0.1, -0.05) is 6.08 Å². The van der Waals surface area contributed by atoms with Crippen LogP contribution < -0.4 is 5.32 Å². The molecule has 1 aromatic carbocycles. The van der Waals surface area contributed by atoms with Crippen LogP contribution in [0.25, 0.3) is 0 Å². The van der Waals surface area contributed by atoms with Gasteiger partial charge in [-0.3, -0.25) is 14.9 Å². The van der Waals surface area contributed by atoms with Crippen LogP contribution in [-0.2, 0) is 0 Å². The van der Waals surface area contributed by atoms with Gasteiger partial charge in [0.25, 0.3) is 11.6 Å². The van der Waals surface area contributed by atoms with Crippen LogP contribution in [-0.4, -0.2) is 17.4 Å². The van der Waals surface area contributed by atoms with Crippen LogP contribution in [0.1, 0.15) is 16.8 Å². The van der Waals surface area contributed by atoms with Crippen molar-refractivity contribution in [1.82, 2.24) is 5.32 Å². The van der Waals surface area contributed by atoms with Crippen LogP contribution in [0, 0.1) is 21.7 Å². The second-order valence-corrected chi connectivity index (χ2v) is 3.37. The van der Waals surface area contributed by atoms with Crippen LogP contribution in [0.3, 0.4) is 0 Å². The lowest BCUT2D eigenvalue weighted by molar-refractivity contribution is -0.385. The zero-order chi connectivity index (χ0) is 13.7. The Morgan fingerprint density at radius 2 is 2.06 bits per heavy atom. The number of amides is 1. The van der Waals surface area contributed by atoms with Crippen molar-refractivity contribution >= 4 is 11.6 Å². The van der Waals surface area contributed by atoms with Gasteiger partial charge in [-0.05, 0) is 12.5 Å².